The Morgan fingerprint density at radius 1 is 1.23 bits per heavy atom. The van der Waals surface area contributed by atoms with Gasteiger partial charge in [0, 0.05) is 28.8 Å². The van der Waals surface area contributed by atoms with E-state index in [0.29, 0.717) is 10.6 Å². The third-order valence-corrected chi connectivity index (χ3v) is 3.19. The summed E-state index contributed by atoms with van der Waals surface area (Å²) in [6.45, 7) is -0.127. The summed E-state index contributed by atoms with van der Waals surface area (Å²) in [5.41, 5.74) is 1.15. The number of carbonyl (C=O) groups excluding carboxylic acids is 1. The van der Waals surface area contributed by atoms with Gasteiger partial charge >= 0.3 is 5.97 Å². The molecule has 112 valence electrons. The summed E-state index contributed by atoms with van der Waals surface area (Å²) in [5, 5.41) is 11.0. The number of non-ortho nitro benzene ring substituents is 1. The molecule has 0 aliphatic carbocycles. The molecule has 2 aromatic carbocycles. The van der Waals surface area contributed by atoms with Crippen molar-refractivity contribution in [1.29, 1.82) is 0 Å². The van der Waals surface area contributed by atoms with Gasteiger partial charge in [0.25, 0.3) is 5.69 Å². The van der Waals surface area contributed by atoms with Gasteiger partial charge in [-0.15, -0.1) is 0 Å². The maximum Gasteiger partial charge on any atom is 0.331 e. The van der Waals surface area contributed by atoms with Gasteiger partial charge in [-0.3, -0.25) is 10.1 Å². The summed E-state index contributed by atoms with van der Waals surface area (Å²) < 4.78 is 5.03. The van der Waals surface area contributed by atoms with Gasteiger partial charge in [0.05, 0.1) is 4.92 Å². The van der Waals surface area contributed by atoms with Crippen LogP contribution in [0.5, 0.6) is 0 Å². The van der Waals surface area contributed by atoms with Crippen molar-refractivity contribution in [3.05, 3.63) is 80.9 Å². The first-order chi connectivity index (χ1) is 10.6. The molecule has 0 aliphatic heterocycles. The molecule has 0 aromatic heterocycles. The summed E-state index contributed by atoms with van der Waals surface area (Å²) in [4.78, 5) is 21.8. The molecular weight excluding hydrogens is 306 g/mol. The first-order valence-corrected chi connectivity index (χ1v) is 6.77. The molecule has 2 aromatic rings. The topological polar surface area (TPSA) is 69.4 Å². The van der Waals surface area contributed by atoms with Gasteiger partial charge in [-0.1, -0.05) is 41.9 Å². The number of carbonyl (C=O) groups is 1. The Labute approximate surface area is 131 Å². The third-order valence-electron chi connectivity index (χ3n) is 2.82. The fourth-order valence-electron chi connectivity index (χ4n) is 1.71. The second-order valence-electron chi connectivity index (χ2n) is 4.38. The number of halogens is 1. The van der Waals surface area contributed by atoms with Crippen LogP contribution in [-0.4, -0.2) is 10.9 Å². The van der Waals surface area contributed by atoms with Crippen LogP contribution >= 0.6 is 11.6 Å². The lowest BCUT2D eigenvalue weighted by atomic mass is 10.2. The van der Waals surface area contributed by atoms with Gasteiger partial charge in [0.15, 0.2) is 0 Å². The van der Waals surface area contributed by atoms with Crippen molar-refractivity contribution in [2.24, 2.45) is 0 Å². The van der Waals surface area contributed by atoms with Crippen molar-refractivity contribution in [3.63, 3.8) is 0 Å². The van der Waals surface area contributed by atoms with Crippen molar-refractivity contribution in [3.8, 4) is 0 Å². The molecule has 0 saturated carbocycles. The molecule has 0 aliphatic rings. The molecule has 0 fully saturated rings. The maximum absolute atomic E-state index is 11.6. The summed E-state index contributed by atoms with van der Waals surface area (Å²) in [5.74, 6) is -0.550. The SMILES string of the molecule is O=C(/C=C/c1ccccc1)OCc1cc([N+](=O)[O-])ccc1Cl. The zero-order chi connectivity index (χ0) is 15.9. The van der Waals surface area contributed by atoms with E-state index in [4.69, 9.17) is 16.3 Å². The molecule has 0 heterocycles. The lowest BCUT2D eigenvalue weighted by molar-refractivity contribution is -0.384. The minimum Gasteiger partial charge on any atom is -0.458 e. The number of nitro benzene ring substituents is 1. The maximum atomic E-state index is 11.6. The molecule has 5 nitrogen and oxygen atoms in total. The zero-order valence-electron chi connectivity index (χ0n) is 11.4. The number of nitrogens with zero attached hydrogens (tertiary/aromatic N) is 1. The first kappa shape index (κ1) is 15.7. The molecule has 6 heteroatoms. The van der Waals surface area contributed by atoms with Crippen LogP contribution < -0.4 is 0 Å². The second kappa shape index (κ2) is 7.38. The van der Waals surface area contributed by atoms with Crippen LogP contribution in [0.3, 0.4) is 0 Å². The van der Waals surface area contributed by atoms with E-state index in [1.54, 1.807) is 6.08 Å². The fourth-order valence-corrected chi connectivity index (χ4v) is 1.88. The summed E-state index contributed by atoms with van der Waals surface area (Å²) in [7, 11) is 0. The van der Waals surface area contributed by atoms with E-state index in [2.05, 4.69) is 0 Å². The second-order valence-corrected chi connectivity index (χ2v) is 4.79. The molecule has 0 N–H and O–H groups in total. The molecule has 0 unspecified atom stereocenters. The van der Waals surface area contributed by atoms with Crippen LogP contribution in [0.15, 0.2) is 54.6 Å². The minimum atomic E-state index is -0.550. The Hall–Kier alpha value is -2.66. The van der Waals surface area contributed by atoms with E-state index in [9.17, 15) is 14.9 Å². The molecule has 0 atom stereocenters. The van der Waals surface area contributed by atoms with Gasteiger partial charge in [-0.2, -0.15) is 0 Å². The Balaban J connectivity index is 1.98. The Morgan fingerprint density at radius 2 is 1.95 bits per heavy atom. The zero-order valence-corrected chi connectivity index (χ0v) is 12.2. The number of benzene rings is 2. The van der Waals surface area contributed by atoms with Crippen molar-refractivity contribution >= 4 is 29.3 Å². The van der Waals surface area contributed by atoms with Crippen LogP contribution in [-0.2, 0) is 16.1 Å². The Morgan fingerprint density at radius 3 is 2.64 bits per heavy atom. The lowest BCUT2D eigenvalue weighted by Gasteiger charge is -2.04. The summed E-state index contributed by atoms with van der Waals surface area (Å²) >= 11 is 5.93. The molecular formula is C16H12ClNO4. The number of esters is 1. The normalized spacial score (nSPS) is 10.6. The Bertz CT molecular complexity index is 713. The van der Waals surface area contributed by atoms with Crippen molar-refractivity contribution < 1.29 is 14.5 Å². The lowest BCUT2D eigenvalue weighted by Crippen LogP contribution is -2.02. The number of nitro groups is 1. The highest BCUT2D eigenvalue weighted by Crippen LogP contribution is 2.22. The van der Waals surface area contributed by atoms with E-state index in [0.717, 1.165) is 5.56 Å². The molecule has 0 spiro atoms. The van der Waals surface area contributed by atoms with Gasteiger partial charge in [-0.25, -0.2) is 4.79 Å². The average molecular weight is 318 g/mol. The first-order valence-electron chi connectivity index (χ1n) is 6.39. The van der Waals surface area contributed by atoms with E-state index in [1.807, 2.05) is 30.3 Å². The summed E-state index contributed by atoms with van der Waals surface area (Å²) in [6.07, 6.45) is 2.91. The minimum absolute atomic E-state index is 0.102. The number of hydrogen-bond acceptors (Lipinski definition) is 4. The third kappa shape index (κ3) is 4.43. The highest BCUT2D eigenvalue weighted by Gasteiger charge is 2.10. The number of rotatable bonds is 5. The fraction of sp³-hybridized carbons (Fsp3) is 0.0625. The van der Waals surface area contributed by atoms with E-state index in [1.165, 1.54) is 24.3 Å². The van der Waals surface area contributed by atoms with Crippen molar-refractivity contribution in [1.82, 2.24) is 0 Å². The van der Waals surface area contributed by atoms with Crippen LogP contribution in [0.4, 0.5) is 5.69 Å². The quantitative estimate of drug-likeness (QED) is 0.361. The van der Waals surface area contributed by atoms with Gasteiger partial charge < -0.3 is 4.74 Å². The van der Waals surface area contributed by atoms with E-state index >= 15 is 0 Å². The van der Waals surface area contributed by atoms with E-state index < -0.39 is 10.9 Å². The van der Waals surface area contributed by atoms with Gasteiger partial charge in [-0.05, 0) is 17.7 Å². The molecule has 0 radical (unpaired) electrons. The Kier molecular flexibility index (Phi) is 5.27. The molecule has 0 amide bonds. The van der Waals surface area contributed by atoms with Crippen LogP contribution in [0.1, 0.15) is 11.1 Å². The monoisotopic (exact) mass is 317 g/mol. The van der Waals surface area contributed by atoms with Crippen LogP contribution in [0.2, 0.25) is 5.02 Å². The van der Waals surface area contributed by atoms with Crippen LogP contribution in [0, 0.1) is 10.1 Å². The predicted molar refractivity (Wildman–Crippen MR) is 83.4 cm³/mol. The van der Waals surface area contributed by atoms with Crippen molar-refractivity contribution in [2.45, 2.75) is 6.61 Å². The van der Waals surface area contributed by atoms with E-state index in [-0.39, 0.29) is 12.3 Å². The van der Waals surface area contributed by atoms with Gasteiger partial charge in [0.2, 0.25) is 0 Å². The highest BCUT2D eigenvalue weighted by atomic mass is 35.5. The predicted octanol–water partition coefficient (Wildman–Crippen LogP) is 4.00. The molecule has 2 rings (SSSR count). The summed E-state index contributed by atoms with van der Waals surface area (Å²) in [6, 6.07) is 13.3. The largest absolute Gasteiger partial charge is 0.458 e. The molecule has 22 heavy (non-hydrogen) atoms. The van der Waals surface area contributed by atoms with Crippen LogP contribution in [0.25, 0.3) is 6.08 Å². The number of hydrogen-bond donors (Lipinski definition) is 0. The van der Waals surface area contributed by atoms with Gasteiger partial charge in [0.1, 0.15) is 6.61 Å². The number of ether oxygens (including phenoxy) is 1. The molecule has 0 bridgehead atoms. The highest BCUT2D eigenvalue weighted by molar-refractivity contribution is 6.31. The smallest absolute Gasteiger partial charge is 0.331 e. The van der Waals surface area contributed by atoms with Crippen molar-refractivity contribution in [2.75, 3.05) is 0 Å². The molecule has 0 saturated heterocycles. The standard InChI is InChI=1S/C16H12ClNO4/c17-15-8-7-14(18(20)21)10-13(15)11-22-16(19)9-6-12-4-2-1-3-5-12/h1-10H,11H2/b9-6+. The average Bonchev–Trinajstić information content (AvgIpc) is 2.53.